The maximum Gasteiger partial charge on any atom is 0.0695 e. The van der Waals surface area contributed by atoms with E-state index >= 15 is 0 Å². The van der Waals surface area contributed by atoms with Crippen molar-refractivity contribution in [2.75, 3.05) is 0 Å². The fraction of sp³-hybridized carbons (Fsp3) is 0.188. The lowest BCUT2D eigenvalue weighted by Crippen LogP contribution is -2.29. The van der Waals surface area contributed by atoms with Crippen LogP contribution >= 0.6 is 0 Å². The van der Waals surface area contributed by atoms with Crippen LogP contribution in [0, 0.1) is 0 Å². The second kappa shape index (κ2) is 6.05. The number of aliphatic carboxylic acids is 1. The van der Waals surface area contributed by atoms with Gasteiger partial charge in [-0.2, -0.15) is 0 Å². The van der Waals surface area contributed by atoms with Crippen LogP contribution < -0.4 is 5.11 Å². The highest BCUT2D eigenvalue weighted by atomic mass is 16.4. The third kappa shape index (κ3) is 3.13. The fourth-order valence-electron chi connectivity index (χ4n) is 2.10. The van der Waals surface area contributed by atoms with Crippen molar-refractivity contribution in [2.24, 2.45) is 0 Å². The van der Waals surface area contributed by atoms with Gasteiger partial charge in [0.25, 0.3) is 0 Å². The van der Waals surface area contributed by atoms with Crippen LogP contribution in [0.25, 0.3) is 0 Å². The van der Waals surface area contributed by atoms with Gasteiger partial charge >= 0.3 is 0 Å². The molecule has 0 bridgehead atoms. The predicted molar refractivity (Wildman–Crippen MR) is 72.6 cm³/mol. The van der Waals surface area contributed by atoms with E-state index in [9.17, 15) is 9.90 Å². The van der Waals surface area contributed by atoms with Crippen LogP contribution in [0.1, 0.15) is 18.9 Å². The molecule has 1 aliphatic rings. The summed E-state index contributed by atoms with van der Waals surface area (Å²) in [4.78, 5) is 13.1. The van der Waals surface area contributed by atoms with E-state index < -0.39 is 5.97 Å². The lowest BCUT2D eigenvalue weighted by atomic mass is 10.1. The van der Waals surface area contributed by atoms with Crippen LogP contribution in [-0.2, 0) is 11.3 Å². The number of carboxylic acid groups (broad SMARTS) is 1. The maximum absolute atomic E-state index is 11.2. The molecule has 3 heteroatoms. The van der Waals surface area contributed by atoms with Crippen molar-refractivity contribution in [3.8, 4) is 0 Å². The molecule has 0 atom stereocenters. The number of hydrogen-bond acceptors (Lipinski definition) is 3. The molecule has 0 spiro atoms. The maximum atomic E-state index is 11.2. The van der Waals surface area contributed by atoms with E-state index in [4.69, 9.17) is 0 Å². The summed E-state index contributed by atoms with van der Waals surface area (Å²) in [5, 5.41) is 11.2. The molecule has 98 valence electrons. The molecule has 19 heavy (non-hydrogen) atoms. The third-order valence-electron chi connectivity index (χ3n) is 3.05. The molecule has 3 nitrogen and oxygen atoms in total. The van der Waals surface area contributed by atoms with E-state index in [1.165, 1.54) is 0 Å². The summed E-state index contributed by atoms with van der Waals surface area (Å²) in [7, 11) is 0. The number of benzene rings is 1. The van der Waals surface area contributed by atoms with Gasteiger partial charge in [-0.05, 0) is 29.7 Å². The van der Waals surface area contributed by atoms with Crippen molar-refractivity contribution >= 4 is 5.97 Å². The van der Waals surface area contributed by atoms with Gasteiger partial charge in [0.2, 0.25) is 0 Å². The van der Waals surface area contributed by atoms with Crippen LogP contribution in [0.2, 0.25) is 0 Å². The Kier molecular flexibility index (Phi) is 4.18. The molecule has 1 aromatic rings. The highest BCUT2D eigenvalue weighted by Crippen LogP contribution is 2.21. The zero-order valence-corrected chi connectivity index (χ0v) is 10.9. The summed E-state index contributed by atoms with van der Waals surface area (Å²) in [5.74, 6) is -1.10. The topological polar surface area (TPSA) is 43.4 Å². The van der Waals surface area contributed by atoms with Gasteiger partial charge in [-0.15, -0.1) is 0 Å². The lowest BCUT2D eigenvalue weighted by Gasteiger charge is -2.27. The molecule has 0 saturated heterocycles. The van der Waals surface area contributed by atoms with E-state index in [2.05, 4.69) is 0 Å². The zero-order chi connectivity index (χ0) is 13.7. The van der Waals surface area contributed by atoms with E-state index in [1.807, 2.05) is 66.6 Å². The molecule has 0 unspecified atom stereocenters. The van der Waals surface area contributed by atoms with Gasteiger partial charge in [-0.3, -0.25) is 0 Å². The standard InChI is InChI=1S/C16H17NO2/c1-2-14(16(18)19)15-10-6-7-11-17(15)12-13-8-4-3-5-9-13/h3-11H,2,12H2,1H3,(H,18,19)/p-1. The van der Waals surface area contributed by atoms with Gasteiger partial charge in [0.05, 0.1) is 5.97 Å². The van der Waals surface area contributed by atoms with E-state index in [0.29, 0.717) is 24.2 Å². The number of carbonyl (C=O) groups excluding carboxylic acids is 1. The Morgan fingerprint density at radius 2 is 1.95 bits per heavy atom. The second-order valence-electron chi connectivity index (χ2n) is 4.32. The van der Waals surface area contributed by atoms with E-state index in [0.717, 1.165) is 5.56 Å². The first-order chi connectivity index (χ1) is 9.22. The number of allylic oxidation sites excluding steroid dienone is 3. The number of carboxylic acids is 1. The minimum absolute atomic E-state index is 0.330. The number of carbonyl (C=O) groups is 1. The summed E-state index contributed by atoms with van der Waals surface area (Å²) in [6.07, 6.45) is 7.89. The minimum atomic E-state index is -1.10. The molecule has 1 aliphatic heterocycles. The monoisotopic (exact) mass is 254 g/mol. The highest BCUT2D eigenvalue weighted by molar-refractivity contribution is 5.86. The molecule has 0 N–H and O–H groups in total. The van der Waals surface area contributed by atoms with Crippen LogP contribution in [0.5, 0.6) is 0 Å². The van der Waals surface area contributed by atoms with Gasteiger partial charge < -0.3 is 14.8 Å². The zero-order valence-electron chi connectivity index (χ0n) is 10.9. The molecule has 2 rings (SSSR count). The molecule has 0 radical (unpaired) electrons. The summed E-state index contributed by atoms with van der Waals surface area (Å²) in [6.45, 7) is 2.47. The predicted octanol–water partition coefficient (Wildman–Crippen LogP) is 1.99. The van der Waals surface area contributed by atoms with Crippen molar-refractivity contribution in [3.63, 3.8) is 0 Å². The van der Waals surface area contributed by atoms with E-state index in [1.54, 1.807) is 0 Å². The molecule has 0 fully saturated rings. The molecule has 0 saturated carbocycles. The number of rotatable bonds is 4. The number of hydrogen-bond donors (Lipinski definition) is 0. The molecular formula is C16H16NO2-. The first kappa shape index (κ1) is 13.1. The largest absolute Gasteiger partial charge is 0.545 e. The van der Waals surface area contributed by atoms with Crippen LogP contribution in [0.15, 0.2) is 66.0 Å². The SMILES string of the molecule is CCC(C(=O)[O-])=C1C=CC=CN1Cc1ccccc1. The molecule has 0 amide bonds. The Morgan fingerprint density at radius 3 is 2.58 bits per heavy atom. The summed E-state index contributed by atoms with van der Waals surface area (Å²) in [6, 6.07) is 9.96. The second-order valence-corrected chi connectivity index (χ2v) is 4.32. The van der Waals surface area contributed by atoms with Crippen molar-refractivity contribution in [1.82, 2.24) is 4.90 Å². The van der Waals surface area contributed by atoms with Gasteiger partial charge in [-0.1, -0.05) is 43.3 Å². The molecule has 0 aliphatic carbocycles. The van der Waals surface area contributed by atoms with Gasteiger partial charge in [0, 0.05) is 18.4 Å². The molecule has 1 heterocycles. The van der Waals surface area contributed by atoms with Crippen molar-refractivity contribution < 1.29 is 9.90 Å². The Labute approximate surface area is 113 Å². The minimum Gasteiger partial charge on any atom is -0.545 e. The highest BCUT2D eigenvalue weighted by Gasteiger charge is 2.12. The van der Waals surface area contributed by atoms with Gasteiger partial charge in [-0.25, -0.2) is 0 Å². The summed E-state index contributed by atoms with van der Waals surface area (Å²) in [5.41, 5.74) is 2.17. The molecule has 0 aromatic heterocycles. The van der Waals surface area contributed by atoms with Crippen LogP contribution in [-0.4, -0.2) is 10.9 Å². The lowest BCUT2D eigenvalue weighted by molar-refractivity contribution is -0.299. The first-order valence-corrected chi connectivity index (χ1v) is 6.32. The Hall–Kier alpha value is -2.29. The van der Waals surface area contributed by atoms with Crippen molar-refractivity contribution in [1.29, 1.82) is 0 Å². The first-order valence-electron chi connectivity index (χ1n) is 6.32. The quantitative estimate of drug-likeness (QED) is 0.772. The van der Waals surface area contributed by atoms with Crippen LogP contribution in [0.4, 0.5) is 0 Å². The van der Waals surface area contributed by atoms with Crippen molar-refractivity contribution in [2.45, 2.75) is 19.9 Å². The smallest absolute Gasteiger partial charge is 0.0695 e. The third-order valence-corrected chi connectivity index (χ3v) is 3.05. The summed E-state index contributed by atoms with van der Waals surface area (Å²) >= 11 is 0. The van der Waals surface area contributed by atoms with Crippen molar-refractivity contribution in [3.05, 3.63) is 71.6 Å². The Balaban J connectivity index is 2.30. The fourth-order valence-corrected chi connectivity index (χ4v) is 2.10. The average molecular weight is 254 g/mol. The average Bonchev–Trinajstić information content (AvgIpc) is 2.42. The normalized spacial score (nSPS) is 16.6. The van der Waals surface area contributed by atoms with E-state index in [-0.39, 0.29) is 0 Å². The van der Waals surface area contributed by atoms with Gasteiger partial charge in [0.15, 0.2) is 0 Å². The Bertz CT molecular complexity index is 541. The Morgan fingerprint density at radius 1 is 1.21 bits per heavy atom. The molecular weight excluding hydrogens is 238 g/mol. The van der Waals surface area contributed by atoms with Crippen LogP contribution in [0.3, 0.4) is 0 Å². The number of nitrogens with zero attached hydrogens (tertiary/aromatic N) is 1. The van der Waals surface area contributed by atoms with Gasteiger partial charge in [0.1, 0.15) is 0 Å². The summed E-state index contributed by atoms with van der Waals surface area (Å²) < 4.78 is 0. The molecule has 1 aromatic carbocycles.